The summed E-state index contributed by atoms with van der Waals surface area (Å²) in [4.78, 5) is 14.6. The van der Waals surface area contributed by atoms with Crippen LogP contribution in [0.3, 0.4) is 0 Å². The number of hydrogen-bond donors (Lipinski definition) is 1. The van der Waals surface area contributed by atoms with Crippen molar-refractivity contribution in [3.8, 4) is 0 Å². The summed E-state index contributed by atoms with van der Waals surface area (Å²) in [6.45, 7) is 0.820. The van der Waals surface area contributed by atoms with E-state index in [-0.39, 0.29) is 0 Å². The van der Waals surface area contributed by atoms with Crippen molar-refractivity contribution in [2.24, 2.45) is 0 Å². The molecular formula is C12H15N5. The lowest BCUT2D eigenvalue weighted by Gasteiger charge is -2.16. The first-order valence-corrected chi connectivity index (χ1v) is 5.44. The maximum Gasteiger partial charge on any atom is 0.225 e. The van der Waals surface area contributed by atoms with E-state index in [0.717, 1.165) is 18.7 Å². The van der Waals surface area contributed by atoms with E-state index in [1.807, 2.05) is 30.1 Å². The lowest BCUT2D eigenvalue weighted by atomic mass is 10.2. The van der Waals surface area contributed by atoms with Crippen LogP contribution < -0.4 is 10.6 Å². The van der Waals surface area contributed by atoms with Crippen molar-refractivity contribution in [1.29, 1.82) is 0 Å². The van der Waals surface area contributed by atoms with Gasteiger partial charge in [0, 0.05) is 31.9 Å². The fourth-order valence-electron chi connectivity index (χ4n) is 1.46. The molecule has 2 N–H and O–H groups in total. The van der Waals surface area contributed by atoms with Crippen LogP contribution >= 0.6 is 0 Å². The topological polar surface area (TPSA) is 67.9 Å². The molecule has 0 amide bonds. The highest BCUT2D eigenvalue weighted by Crippen LogP contribution is 2.06. The first-order valence-electron chi connectivity index (χ1n) is 5.44. The minimum absolute atomic E-state index is 0.576. The standard InChI is InChI=1S/C12H15N5/c1-17(12-15-8-10(13)9-16-12)7-5-11-4-2-3-6-14-11/h2-4,6,8-9H,5,7,13H2,1H3. The lowest BCUT2D eigenvalue weighted by molar-refractivity contribution is 0.821. The first-order chi connectivity index (χ1) is 8.25. The second-order valence-corrected chi connectivity index (χ2v) is 3.81. The molecule has 0 radical (unpaired) electrons. The van der Waals surface area contributed by atoms with Gasteiger partial charge in [-0.1, -0.05) is 6.07 Å². The number of hydrogen-bond acceptors (Lipinski definition) is 5. The molecule has 2 aromatic rings. The van der Waals surface area contributed by atoms with E-state index in [9.17, 15) is 0 Å². The van der Waals surface area contributed by atoms with Gasteiger partial charge in [0.25, 0.3) is 0 Å². The molecule has 2 heterocycles. The zero-order chi connectivity index (χ0) is 12.1. The summed E-state index contributed by atoms with van der Waals surface area (Å²) >= 11 is 0. The third-order valence-electron chi connectivity index (χ3n) is 2.43. The third kappa shape index (κ3) is 3.14. The molecule has 0 spiro atoms. The van der Waals surface area contributed by atoms with Crippen molar-refractivity contribution >= 4 is 11.6 Å². The molecule has 88 valence electrons. The monoisotopic (exact) mass is 229 g/mol. The average Bonchev–Trinajstić information content (AvgIpc) is 2.38. The zero-order valence-corrected chi connectivity index (χ0v) is 9.74. The molecule has 0 unspecified atom stereocenters. The highest BCUT2D eigenvalue weighted by molar-refractivity contribution is 5.37. The fraction of sp³-hybridized carbons (Fsp3) is 0.250. The SMILES string of the molecule is CN(CCc1ccccn1)c1ncc(N)cn1. The number of anilines is 2. The van der Waals surface area contributed by atoms with Crippen molar-refractivity contribution < 1.29 is 0 Å². The van der Waals surface area contributed by atoms with Crippen LogP contribution in [0.4, 0.5) is 11.6 Å². The van der Waals surface area contributed by atoms with Crippen LogP contribution in [0.25, 0.3) is 0 Å². The summed E-state index contributed by atoms with van der Waals surface area (Å²) in [5.41, 5.74) is 7.18. The van der Waals surface area contributed by atoms with Crippen LogP contribution in [0.15, 0.2) is 36.8 Å². The molecule has 5 heteroatoms. The molecule has 0 fully saturated rings. The molecule has 0 aliphatic carbocycles. The molecule has 0 bridgehead atoms. The molecule has 5 nitrogen and oxygen atoms in total. The maximum absolute atomic E-state index is 5.54. The minimum Gasteiger partial charge on any atom is -0.396 e. The Morgan fingerprint density at radius 3 is 2.59 bits per heavy atom. The number of pyridine rings is 1. The number of nitrogens with two attached hydrogens (primary N) is 1. The first kappa shape index (κ1) is 11.3. The van der Waals surface area contributed by atoms with Crippen LogP contribution in [-0.2, 0) is 6.42 Å². The summed E-state index contributed by atoms with van der Waals surface area (Å²) in [6.07, 6.45) is 5.89. The molecule has 17 heavy (non-hydrogen) atoms. The average molecular weight is 229 g/mol. The fourth-order valence-corrected chi connectivity index (χ4v) is 1.46. The molecule has 0 atom stereocenters. The van der Waals surface area contributed by atoms with E-state index in [0.29, 0.717) is 11.6 Å². The van der Waals surface area contributed by atoms with Gasteiger partial charge in [0.15, 0.2) is 0 Å². The smallest absolute Gasteiger partial charge is 0.225 e. The Kier molecular flexibility index (Phi) is 3.49. The van der Waals surface area contributed by atoms with Gasteiger partial charge >= 0.3 is 0 Å². The van der Waals surface area contributed by atoms with Crippen LogP contribution in [-0.4, -0.2) is 28.5 Å². The van der Waals surface area contributed by atoms with Gasteiger partial charge in [-0.05, 0) is 12.1 Å². The Hall–Kier alpha value is -2.17. The van der Waals surface area contributed by atoms with Gasteiger partial charge in [0.05, 0.1) is 18.1 Å². The number of nitrogen functional groups attached to an aromatic ring is 1. The summed E-state index contributed by atoms with van der Waals surface area (Å²) in [6, 6.07) is 5.91. The molecule has 0 saturated carbocycles. The van der Waals surface area contributed by atoms with Crippen LogP contribution in [0.1, 0.15) is 5.69 Å². The second-order valence-electron chi connectivity index (χ2n) is 3.81. The van der Waals surface area contributed by atoms with Gasteiger partial charge in [-0.15, -0.1) is 0 Å². The Balaban J connectivity index is 1.93. The quantitative estimate of drug-likeness (QED) is 0.851. The number of aromatic nitrogens is 3. The predicted molar refractivity (Wildman–Crippen MR) is 67.7 cm³/mol. The Labute approximate surface area is 100 Å². The lowest BCUT2D eigenvalue weighted by Crippen LogP contribution is -2.22. The molecule has 0 saturated heterocycles. The third-order valence-corrected chi connectivity index (χ3v) is 2.43. The van der Waals surface area contributed by atoms with Gasteiger partial charge in [-0.3, -0.25) is 4.98 Å². The van der Waals surface area contributed by atoms with Crippen molar-refractivity contribution in [3.63, 3.8) is 0 Å². The molecule has 0 aromatic carbocycles. The Morgan fingerprint density at radius 2 is 1.94 bits per heavy atom. The molecule has 0 aliphatic heterocycles. The van der Waals surface area contributed by atoms with Gasteiger partial charge in [-0.25, -0.2) is 9.97 Å². The van der Waals surface area contributed by atoms with Crippen LogP contribution in [0.2, 0.25) is 0 Å². The summed E-state index contributed by atoms with van der Waals surface area (Å²) in [5.74, 6) is 0.676. The van der Waals surface area contributed by atoms with Crippen molar-refractivity contribution in [3.05, 3.63) is 42.5 Å². The number of likely N-dealkylation sites (N-methyl/N-ethyl adjacent to an activating group) is 1. The van der Waals surface area contributed by atoms with E-state index in [2.05, 4.69) is 15.0 Å². The van der Waals surface area contributed by atoms with Crippen LogP contribution in [0, 0.1) is 0 Å². The van der Waals surface area contributed by atoms with Crippen LogP contribution in [0.5, 0.6) is 0 Å². The van der Waals surface area contributed by atoms with Gasteiger partial charge < -0.3 is 10.6 Å². The minimum atomic E-state index is 0.576. The van der Waals surface area contributed by atoms with E-state index in [4.69, 9.17) is 5.73 Å². The summed E-state index contributed by atoms with van der Waals surface area (Å²) in [7, 11) is 1.95. The van der Waals surface area contributed by atoms with E-state index < -0.39 is 0 Å². The number of nitrogens with zero attached hydrogens (tertiary/aromatic N) is 4. The number of rotatable bonds is 4. The Morgan fingerprint density at radius 1 is 1.18 bits per heavy atom. The second kappa shape index (κ2) is 5.25. The summed E-state index contributed by atoms with van der Waals surface area (Å²) < 4.78 is 0. The van der Waals surface area contributed by atoms with E-state index >= 15 is 0 Å². The molecule has 2 aromatic heterocycles. The molecule has 0 aliphatic rings. The van der Waals surface area contributed by atoms with E-state index in [1.165, 1.54) is 0 Å². The molecular weight excluding hydrogens is 214 g/mol. The largest absolute Gasteiger partial charge is 0.396 e. The normalized spacial score (nSPS) is 10.2. The van der Waals surface area contributed by atoms with Crippen molar-refractivity contribution in [2.45, 2.75) is 6.42 Å². The van der Waals surface area contributed by atoms with Gasteiger partial charge in [0.1, 0.15) is 0 Å². The highest BCUT2D eigenvalue weighted by atomic mass is 15.2. The zero-order valence-electron chi connectivity index (χ0n) is 9.74. The van der Waals surface area contributed by atoms with Crippen molar-refractivity contribution in [1.82, 2.24) is 15.0 Å². The van der Waals surface area contributed by atoms with Crippen molar-refractivity contribution in [2.75, 3.05) is 24.2 Å². The molecule has 2 rings (SSSR count). The van der Waals surface area contributed by atoms with Gasteiger partial charge in [-0.2, -0.15) is 0 Å². The summed E-state index contributed by atoms with van der Waals surface area (Å²) in [5, 5.41) is 0. The predicted octanol–water partition coefficient (Wildman–Crippen LogP) is 1.13. The maximum atomic E-state index is 5.54. The van der Waals surface area contributed by atoms with Gasteiger partial charge in [0.2, 0.25) is 5.95 Å². The Bertz CT molecular complexity index is 454. The highest BCUT2D eigenvalue weighted by Gasteiger charge is 2.04. The van der Waals surface area contributed by atoms with E-state index in [1.54, 1.807) is 18.6 Å².